The monoisotopic (exact) mass is 242 g/mol. The summed E-state index contributed by atoms with van der Waals surface area (Å²) in [6, 6.07) is 2.03. The Morgan fingerprint density at radius 3 is 2.75 bits per heavy atom. The minimum Gasteiger partial charge on any atom is -0.310 e. The topological polar surface area (TPSA) is 24.9 Å². The van der Waals surface area contributed by atoms with Crippen molar-refractivity contribution in [1.82, 2.24) is 10.3 Å². The zero-order valence-electron chi connectivity index (χ0n) is 9.13. The molecule has 1 fully saturated rings. The molecule has 88 valence electrons. The molecule has 1 N–H and O–H groups in total. The van der Waals surface area contributed by atoms with E-state index in [4.69, 9.17) is 11.6 Å². The molecule has 2 rings (SSSR count). The lowest BCUT2D eigenvalue weighted by Crippen LogP contribution is -2.33. The van der Waals surface area contributed by atoms with Gasteiger partial charge in [-0.2, -0.15) is 0 Å². The summed E-state index contributed by atoms with van der Waals surface area (Å²) < 4.78 is 12.9. The van der Waals surface area contributed by atoms with Crippen LogP contribution in [0.2, 0.25) is 0 Å². The SMILES string of the molecule is Fc1cncc(CNC2CCC(Cl)CC2)c1. The molecule has 1 saturated carbocycles. The minimum absolute atomic E-state index is 0.274. The van der Waals surface area contributed by atoms with Crippen LogP contribution in [0.3, 0.4) is 0 Å². The average Bonchev–Trinajstić information content (AvgIpc) is 2.28. The van der Waals surface area contributed by atoms with Crippen molar-refractivity contribution >= 4 is 11.6 Å². The Morgan fingerprint density at radius 2 is 2.06 bits per heavy atom. The summed E-state index contributed by atoms with van der Waals surface area (Å²) in [5.41, 5.74) is 0.896. The van der Waals surface area contributed by atoms with E-state index < -0.39 is 0 Å². The second-order valence-electron chi connectivity index (χ2n) is 4.34. The first-order valence-electron chi connectivity index (χ1n) is 5.71. The number of hydrogen-bond donors (Lipinski definition) is 1. The molecule has 0 atom stereocenters. The summed E-state index contributed by atoms with van der Waals surface area (Å²) in [6.45, 7) is 0.683. The normalized spacial score (nSPS) is 25.6. The van der Waals surface area contributed by atoms with Gasteiger partial charge in [-0.15, -0.1) is 11.6 Å². The van der Waals surface area contributed by atoms with Crippen LogP contribution in [0.15, 0.2) is 18.5 Å². The van der Waals surface area contributed by atoms with E-state index in [-0.39, 0.29) is 5.82 Å². The van der Waals surface area contributed by atoms with E-state index in [9.17, 15) is 4.39 Å². The number of hydrogen-bond acceptors (Lipinski definition) is 2. The van der Waals surface area contributed by atoms with Gasteiger partial charge in [-0.05, 0) is 37.3 Å². The third-order valence-electron chi connectivity index (χ3n) is 3.01. The molecule has 0 spiro atoms. The highest BCUT2D eigenvalue weighted by Crippen LogP contribution is 2.22. The first-order valence-corrected chi connectivity index (χ1v) is 6.14. The molecule has 0 saturated heterocycles. The number of nitrogens with one attached hydrogen (secondary N) is 1. The van der Waals surface area contributed by atoms with Crippen LogP contribution in [-0.2, 0) is 6.54 Å². The van der Waals surface area contributed by atoms with E-state index in [0.29, 0.717) is 18.0 Å². The quantitative estimate of drug-likeness (QED) is 0.825. The molecule has 16 heavy (non-hydrogen) atoms. The van der Waals surface area contributed by atoms with Crippen molar-refractivity contribution in [1.29, 1.82) is 0 Å². The maximum Gasteiger partial charge on any atom is 0.141 e. The molecule has 4 heteroatoms. The highest BCUT2D eigenvalue weighted by Gasteiger charge is 2.18. The third-order valence-corrected chi connectivity index (χ3v) is 3.45. The van der Waals surface area contributed by atoms with Gasteiger partial charge in [-0.3, -0.25) is 4.98 Å². The van der Waals surface area contributed by atoms with E-state index in [1.54, 1.807) is 6.20 Å². The molecule has 1 aromatic rings. The zero-order chi connectivity index (χ0) is 11.4. The Kier molecular flexibility index (Phi) is 4.13. The Bertz CT molecular complexity index is 338. The van der Waals surface area contributed by atoms with E-state index >= 15 is 0 Å². The molecule has 1 aliphatic rings. The van der Waals surface area contributed by atoms with Crippen LogP contribution in [0.4, 0.5) is 4.39 Å². The van der Waals surface area contributed by atoms with Crippen molar-refractivity contribution in [3.63, 3.8) is 0 Å². The lowest BCUT2D eigenvalue weighted by molar-refractivity contribution is 0.375. The van der Waals surface area contributed by atoms with E-state index in [1.165, 1.54) is 12.3 Å². The molecule has 0 unspecified atom stereocenters. The summed E-state index contributed by atoms with van der Waals surface area (Å²) in [7, 11) is 0. The minimum atomic E-state index is -0.274. The fourth-order valence-corrected chi connectivity index (χ4v) is 2.32. The number of nitrogens with zero attached hydrogens (tertiary/aromatic N) is 1. The predicted octanol–water partition coefficient (Wildman–Crippen LogP) is 2.86. The summed E-state index contributed by atoms with van der Waals surface area (Å²) >= 11 is 6.03. The number of rotatable bonds is 3. The fourth-order valence-electron chi connectivity index (χ4n) is 2.07. The van der Waals surface area contributed by atoms with Gasteiger partial charge in [-0.1, -0.05) is 0 Å². The summed E-state index contributed by atoms with van der Waals surface area (Å²) in [5, 5.41) is 3.76. The Balaban J connectivity index is 1.79. The zero-order valence-corrected chi connectivity index (χ0v) is 9.88. The third kappa shape index (κ3) is 3.42. The second-order valence-corrected chi connectivity index (χ2v) is 4.96. The van der Waals surface area contributed by atoms with Crippen molar-refractivity contribution in [2.75, 3.05) is 0 Å². The maximum atomic E-state index is 12.9. The van der Waals surface area contributed by atoms with E-state index in [0.717, 1.165) is 31.2 Å². The number of alkyl halides is 1. The molecular weight excluding hydrogens is 227 g/mol. The molecule has 1 aliphatic carbocycles. The standard InChI is InChI=1S/C12H16ClFN2/c13-10-1-3-12(4-2-10)16-7-9-5-11(14)8-15-6-9/h5-6,8,10,12,16H,1-4,7H2. The van der Waals surface area contributed by atoms with Crippen molar-refractivity contribution < 1.29 is 4.39 Å². The highest BCUT2D eigenvalue weighted by atomic mass is 35.5. The molecule has 0 aromatic carbocycles. The second kappa shape index (κ2) is 5.60. The van der Waals surface area contributed by atoms with Crippen LogP contribution < -0.4 is 5.32 Å². The first kappa shape index (κ1) is 11.8. The van der Waals surface area contributed by atoms with E-state index in [2.05, 4.69) is 10.3 Å². The van der Waals surface area contributed by atoms with Gasteiger partial charge < -0.3 is 5.32 Å². The smallest absolute Gasteiger partial charge is 0.141 e. The molecule has 0 aliphatic heterocycles. The van der Waals surface area contributed by atoms with Crippen molar-refractivity contribution in [3.8, 4) is 0 Å². The predicted molar refractivity (Wildman–Crippen MR) is 62.9 cm³/mol. The number of halogens is 2. The van der Waals surface area contributed by atoms with Crippen LogP contribution in [0.25, 0.3) is 0 Å². The molecule has 1 heterocycles. The fraction of sp³-hybridized carbons (Fsp3) is 0.583. The highest BCUT2D eigenvalue weighted by molar-refractivity contribution is 6.20. The Morgan fingerprint density at radius 1 is 1.31 bits per heavy atom. The van der Waals surface area contributed by atoms with Gasteiger partial charge in [-0.25, -0.2) is 4.39 Å². The lowest BCUT2D eigenvalue weighted by Gasteiger charge is -2.25. The first-order chi connectivity index (χ1) is 7.74. The molecule has 0 bridgehead atoms. The van der Waals surface area contributed by atoms with Crippen molar-refractivity contribution in [2.24, 2.45) is 0 Å². The van der Waals surface area contributed by atoms with Gasteiger partial charge in [0, 0.05) is 24.2 Å². The lowest BCUT2D eigenvalue weighted by atomic mass is 9.95. The molecule has 2 nitrogen and oxygen atoms in total. The molecular formula is C12H16ClFN2. The Labute approximate surface area is 100 Å². The van der Waals surface area contributed by atoms with Crippen LogP contribution in [0, 0.1) is 5.82 Å². The summed E-state index contributed by atoms with van der Waals surface area (Å²) in [6.07, 6.45) is 7.28. The van der Waals surface area contributed by atoms with Gasteiger partial charge in [0.2, 0.25) is 0 Å². The molecule has 0 amide bonds. The van der Waals surface area contributed by atoms with Crippen molar-refractivity contribution in [2.45, 2.75) is 43.6 Å². The van der Waals surface area contributed by atoms with Crippen LogP contribution in [-0.4, -0.2) is 16.4 Å². The summed E-state index contributed by atoms with van der Waals surface area (Å²) in [5.74, 6) is -0.274. The van der Waals surface area contributed by atoms with Crippen LogP contribution in [0.5, 0.6) is 0 Å². The Hall–Kier alpha value is -0.670. The van der Waals surface area contributed by atoms with Gasteiger partial charge in [0.1, 0.15) is 5.82 Å². The van der Waals surface area contributed by atoms with Gasteiger partial charge in [0.25, 0.3) is 0 Å². The molecule has 1 aromatic heterocycles. The molecule has 0 radical (unpaired) electrons. The summed E-state index contributed by atoms with van der Waals surface area (Å²) in [4.78, 5) is 3.82. The van der Waals surface area contributed by atoms with Crippen LogP contribution >= 0.6 is 11.6 Å². The van der Waals surface area contributed by atoms with Gasteiger partial charge in [0.15, 0.2) is 0 Å². The van der Waals surface area contributed by atoms with Gasteiger partial charge in [0.05, 0.1) is 6.20 Å². The van der Waals surface area contributed by atoms with Crippen LogP contribution in [0.1, 0.15) is 31.2 Å². The maximum absolute atomic E-state index is 12.9. The largest absolute Gasteiger partial charge is 0.310 e. The average molecular weight is 243 g/mol. The number of pyridine rings is 1. The van der Waals surface area contributed by atoms with E-state index in [1.807, 2.05) is 0 Å². The number of aromatic nitrogens is 1. The van der Waals surface area contributed by atoms with Crippen molar-refractivity contribution in [3.05, 3.63) is 29.8 Å². The van der Waals surface area contributed by atoms with Gasteiger partial charge >= 0.3 is 0 Å².